The van der Waals surface area contributed by atoms with Crippen molar-refractivity contribution in [1.82, 2.24) is 9.97 Å². The molecular formula is C7H10N2O2S. The van der Waals surface area contributed by atoms with E-state index in [-0.39, 0.29) is 5.56 Å². The molecule has 0 spiro atoms. The minimum Gasteiger partial charge on any atom is -0.314 e. The van der Waals surface area contributed by atoms with Crippen LogP contribution >= 0.6 is 11.8 Å². The highest BCUT2D eigenvalue weighted by atomic mass is 32.2. The van der Waals surface area contributed by atoms with Crippen LogP contribution in [0.2, 0.25) is 0 Å². The molecule has 1 aromatic rings. The van der Waals surface area contributed by atoms with Crippen molar-refractivity contribution >= 4 is 11.8 Å². The van der Waals surface area contributed by atoms with Crippen LogP contribution in [0.3, 0.4) is 0 Å². The van der Waals surface area contributed by atoms with Crippen LogP contribution in [0.4, 0.5) is 0 Å². The molecule has 1 rings (SSSR count). The molecule has 0 unspecified atom stereocenters. The molecule has 0 saturated carbocycles. The summed E-state index contributed by atoms with van der Waals surface area (Å²) in [7, 11) is 0. The number of thioether (sulfide) groups is 1. The van der Waals surface area contributed by atoms with Crippen molar-refractivity contribution in [3.05, 3.63) is 32.6 Å². The van der Waals surface area contributed by atoms with Gasteiger partial charge in [-0.15, -0.1) is 0 Å². The van der Waals surface area contributed by atoms with E-state index in [0.717, 1.165) is 5.75 Å². The first-order valence-corrected chi connectivity index (χ1v) is 4.78. The van der Waals surface area contributed by atoms with E-state index in [1.165, 1.54) is 6.20 Å². The van der Waals surface area contributed by atoms with E-state index < -0.39 is 5.69 Å². The van der Waals surface area contributed by atoms with Gasteiger partial charge in [-0.1, -0.05) is 6.92 Å². The van der Waals surface area contributed by atoms with Crippen LogP contribution in [0.25, 0.3) is 0 Å². The third-order valence-electron chi connectivity index (χ3n) is 1.36. The maximum Gasteiger partial charge on any atom is 0.325 e. The van der Waals surface area contributed by atoms with Crippen molar-refractivity contribution in [2.45, 2.75) is 12.7 Å². The highest BCUT2D eigenvalue weighted by molar-refractivity contribution is 7.98. The van der Waals surface area contributed by atoms with Crippen molar-refractivity contribution in [3.8, 4) is 0 Å². The Bertz CT molecular complexity index is 355. The number of H-pyrrole nitrogens is 2. The van der Waals surface area contributed by atoms with Gasteiger partial charge in [0.1, 0.15) is 0 Å². The molecule has 0 aliphatic heterocycles. The monoisotopic (exact) mass is 186 g/mol. The second kappa shape index (κ2) is 4.15. The summed E-state index contributed by atoms with van der Waals surface area (Å²) < 4.78 is 0. The fourth-order valence-corrected chi connectivity index (χ4v) is 1.40. The van der Waals surface area contributed by atoms with Gasteiger partial charge in [0.05, 0.1) is 0 Å². The zero-order valence-corrected chi connectivity index (χ0v) is 7.53. The van der Waals surface area contributed by atoms with Gasteiger partial charge in [0.2, 0.25) is 0 Å². The second-order valence-electron chi connectivity index (χ2n) is 2.23. The molecule has 1 aromatic heterocycles. The number of hydrogen-bond donors (Lipinski definition) is 2. The maximum absolute atomic E-state index is 11.1. The number of aromatic amines is 2. The number of nitrogens with one attached hydrogen (secondary N) is 2. The van der Waals surface area contributed by atoms with Gasteiger partial charge in [0.25, 0.3) is 5.56 Å². The number of rotatable bonds is 3. The standard InChI is InChI=1S/C7H10N2O2S/c1-2-12-4-5-3-8-7(11)9-6(5)10/h3H,2,4H2,1H3,(H2,8,9,10,11). The first kappa shape index (κ1) is 9.12. The van der Waals surface area contributed by atoms with Gasteiger partial charge in [-0.2, -0.15) is 11.8 Å². The van der Waals surface area contributed by atoms with Crippen LogP contribution in [0.1, 0.15) is 12.5 Å². The molecule has 0 aromatic carbocycles. The second-order valence-corrected chi connectivity index (χ2v) is 3.51. The van der Waals surface area contributed by atoms with Gasteiger partial charge in [-0.05, 0) is 5.75 Å². The molecule has 5 heteroatoms. The van der Waals surface area contributed by atoms with E-state index in [0.29, 0.717) is 11.3 Å². The Morgan fingerprint density at radius 2 is 2.25 bits per heavy atom. The Balaban J connectivity index is 2.87. The van der Waals surface area contributed by atoms with Gasteiger partial charge in [-0.3, -0.25) is 9.78 Å². The van der Waals surface area contributed by atoms with E-state index in [4.69, 9.17) is 0 Å². The predicted octanol–water partition coefficient (Wildman–Crippen LogP) is 0.316. The minimum absolute atomic E-state index is 0.292. The van der Waals surface area contributed by atoms with Crippen LogP contribution in [0.5, 0.6) is 0 Å². The number of aromatic nitrogens is 2. The lowest BCUT2D eigenvalue weighted by Gasteiger charge is -1.95. The Morgan fingerprint density at radius 3 is 2.83 bits per heavy atom. The molecule has 0 saturated heterocycles. The topological polar surface area (TPSA) is 65.7 Å². The molecule has 0 amide bonds. The summed E-state index contributed by atoms with van der Waals surface area (Å²) >= 11 is 1.64. The summed E-state index contributed by atoms with van der Waals surface area (Å²) in [4.78, 5) is 26.2. The lowest BCUT2D eigenvalue weighted by Crippen LogP contribution is -2.24. The summed E-state index contributed by atoms with van der Waals surface area (Å²) in [6.45, 7) is 2.02. The summed E-state index contributed by atoms with van der Waals surface area (Å²) in [6, 6.07) is 0. The fraction of sp³-hybridized carbons (Fsp3) is 0.429. The molecule has 0 fully saturated rings. The Hall–Kier alpha value is -0.970. The lowest BCUT2D eigenvalue weighted by molar-refractivity contribution is 1.00. The third kappa shape index (κ3) is 2.27. The molecule has 0 aliphatic rings. The third-order valence-corrected chi connectivity index (χ3v) is 2.28. The highest BCUT2D eigenvalue weighted by Gasteiger charge is 1.98. The Morgan fingerprint density at radius 1 is 1.50 bits per heavy atom. The Kier molecular flexibility index (Phi) is 3.16. The molecule has 0 aliphatic carbocycles. The molecule has 1 heterocycles. The first-order chi connectivity index (χ1) is 5.74. The summed E-state index contributed by atoms with van der Waals surface area (Å²) in [5.41, 5.74) is -0.133. The normalized spacial score (nSPS) is 10.1. The van der Waals surface area contributed by atoms with Crippen LogP contribution in [-0.2, 0) is 5.75 Å². The van der Waals surface area contributed by atoms with E-state index in [9.17, 15) is 9.59 Å². The molecular weight excluding hydrogens is 176 g/mol. The Labute approximate surface area is 73.4 Å². The molecule has 2 N–H and O–H groups in total. The van der Waals surface area contributed by atoms with Gasteiger partial charge >= 0.3 is 5.69 Å². The largest absolute Gasteiger partial charge is 0.325 e. The van der Waals surface area contributed by atoms with Crippen LogP contribution in [0, 0.1) is 0 Å². The van der Waals surface area contributed by atoms with E-state index >= 15 is 0 Å². The lowest BCUT2D eigenvalue weighted by atomic mass is 10.4. The van der Waals surface area contributed by atoms with Gasteiger partial charge in [0, 0.05) is 17.5 Å². The van der Waals surface area contributed by atoms with Crippen molar-refractivity contribution in [2.75, 3.05) is 5.75 Å². The van der Waals surface area contributed by atoms with E-state index in [1.807, 2.05) is 6.92 Å². The average Bonchev–Trinajstić information content (AvgIpc) is 2.03. The van der Waals surface area contributed by atoms with Crippen molar-refractivity contribution < 1.29 is 0 Å². The summed E-state index contributed by atoms with van der Waals surface area (Å²) in [6.07, 6.45) is 1.46. The number of hydrogen-bond acceptors (Lipinski definition) is 3. The molecule has 4 nitrogen and oxygen atoms in total. The molecule has 0 radical (unpaired) electrons. The van der Waals surface area contributed by atoms with Crippen LogP contribution in [-0.4, -0.2) is 15.7 Å². The molecule has 66 valence electrons. The first-order valence-electron chi connectivity index (χ1n) is 3.62. The van der Waals surface area contributed by atoms with Crippen molar-refractivity contribution in [1.29, 1.82) is 0 Å². The highest BCUT2D eigenvalue weighted by Crippen LogP contribution is 2.04. The molecule has 12 heavy (non-hydrogen) atoms. The van der Waals surface area contributed by atoms with Crippen LogP contribution < -0.4 is 11.2 Å². The quantitative estimate of drug-likeness (QED) is 0.714. The summed E-state index contributed by atoms with van der Waals surface area (Å²) in [5, 5.41) is 0. The average molecular weight is 186 g/mol. The van der Waals surface area contributed by atoms with Crippen LogP contribution in [0.15, 0.2) is 15.8 Å². The zero-order chi connectivity index (χ0) is 8.97. The smallest absolute Gasteiger partial charge is 0.314 e. The summed E-state index contributed by atoms with van der Waals surface area (Å²) in [5.74, 6) is 1.60. The van der Waals surface area contributed by atoms with E-state index in [1.54, 1.807) is 11.8 Å². The minimum atomic E-state index is -0.453. The van der Waals surface area contributed by atoms with Crippen molar-refractivity contribution in [2.24, 2.45) is 0 Å². The zero-order valence-electron chi connectivity index (χ0n) is 6.72. The maximum atomic E-state index is 11.1. The SMILES string of the molecule is CCSCc1c[nH]c(=O)[nH]c1=O. The van der Waals surface area contributed by atoms with Gasteiger partial charge in [0.15, 0.2) is 0 Å². The predicted molar refractivity (Wildman–Crippen MR) is 49.5 cm³/mol. The molecule has 0 bridgehead atoms. The van der Waals surface area contributed by atoms with Gasteiger partial charge in [-0.25, -0.2) is 4.79 Å². The van der Waals surface area contributed by atoms with Gasteiger partial charge < -0.3 is 4.98 Å². The van der Waals surface area contributed by atoms with Crippen molar-refractivity contribution in [3.63, 3.8) is 0 Å². The fourth-order valence-electron chi connectivity index (χ4n) is 0.757. The molecule has 0 atom stereocenters. The van der Waals surface area contributed by atoms with E-state index in [2.05, 4.69) is 9.97 Å².